The minimum Gasteiger partial charge on any atom is -0.743 e. The molecule has 5 rings (SSSR count). The zero-order chi connectivity index (χ0) is 24.4. The highest BCUT2D eigenvalue weighted by Crippen LogP contribution is 2.59. The largest absolute Gasteiger partial charge is 0.743 e. The smallest absolute Gasteiger partial charge is 0.367 e. The molecule has 0 N–H and O–H groups in total. The number of rotatable bonds is 6. The van der Waals surface area contributed by atoms with Crippen LogP contribution in [0.5, 0.6) is 0 Å². The number of ether oxygens (including phenoxy) is 3. The van der Waals surface area contributed by atoms with Crippen molar-refractivity contribution < 1.29 is 50.3 Å². The fraction of sp³-hybridized carbons (Fsp3) is 0.409. The van der Waals surface area contributed by atoms with E-state index in [0.29, 0.717) is 0 Å². The van der Waals surface area contributed by atoms with E-state index in [-0.39, 0.29) is 12.0 Å². The first-order valence-corrected chi connectivity index (χ1v) is 11.8. The van der Waals surface area contributed by atoms with Gasteiger partial charge in [0.2, 0.25) is 0 Å². The molecule has 1 saturated heterocycles. The van der Waals surface area contributed by atoms with Crippen molar-refractivity contribution in [1.82, 2.24) is 0 Å². The summed E-state index contributed by atoms with van der Waals surface area (Å²) < 4.78 is 74.2. The van der Waals surface area contributed by atoms with Crippen LogP contribution in [0.1, 0.15) is 16.8 Å². The van der Waals surface area contributed by atoms with Gasteiger partial charge in [-0.3, -0.25) is 9.59 Å². The Kier molecular flexibility index (Phi) is 5.13. The predicted molar refractivity (Wildman–Crippen MR) is 107 cm³/mol. The molecule has 6 atom stereocenters. The van der Waals surface area contributed by atoms with Gasteiger partial charge in [-0.05, 0) is 29.3 Å². The molecule has 1 heterocycles. The third-order valence-corrected chi connectivity index (χ3v) is 7.64. The van der Waals surface area contributed by atoms with Crippen molar-refractivity contribution in [2.45, 2.75) is 23.9 Å². The van der Waals surface area contributed by atoms with Gasteiger partial charge < -0.3 is 18.8 Å². The summed E-state index contributed by atoms with van der Waals surface area (Å²) in [6.07, 6.45) is -1.53. The number of benzene rings is 2. The number of hydrogen-bond acceptors (Lipinski definition) is 9. The van der Waals surface area contributed by atoms with E-state index in [0.717, 1.165) is 10.8 Å². The summed E-state index contributed by atoms with van der Waals surface area (Å²) in [6.45, 7) is -1.97. The summed E-state index contributed by atoms with van der Waals surface area (Å²) in [5, 5.41) is -3.11. The zero-order valence-electron chi connectivity index (χ0n) is 17.3. The molecule has 12 heteroatoms. The molecule has 9 nitrogen and oxygen atoms in total. The molecule has 2 aliphatic carbocycles. The highest BCUT2D eigenvalue weighted by atomic mass is 32.2. The topological polar surface area (TPSA) is 136 Å². The summed E-state index contributed by atoms with van der Waals surface area (Å²) in [5.41, 5.74) is 0.238. The van der Waals surface area contributed by atoms with E-state index in [9.17, 15) is 36.1 Å². The van der Waals surface area contributed by atoms with Gasteiger partial charge in [-0.25, -0.2) is 13.2 Å². The van der Waals surface area contributed by atoms with Gasteiger partial charge in [0.15, 0.2) is 16.7 Å². The standard InChI is InChI=1S/C22H18F2O9S/c23-22(24,34(28,29)30)9-31-20(26)15-13-8-14-16(15)21(27)33-18(14)17(13)32-19(25)12-6-5-10-3-1-2-4-11(10)7-12/h1-7,13-18H,8-9H2,(H,28,29,30)/p-1. The van der Waals surface area contributed by atoms with E-state index in [1.54, 1.807) is 18.2 Å². The zero-order valence-corrected chi connectivity index (χ0v) is 18.1. The molecule has 34 heavy (non-hydrogen) atoms. The number of carbonyl (C=O) groups excluding carboxylic acids is 3. The lowest BCUT2D eigenvalue weighted by Crippen LogP contribution is -2.44. The maximum Gasteiger partial charge on any atom is 0.367 e. The third-order valence-electron chi connectivity index (χ3n) is 6.79. The Bertz CT molecular complexity index is 1310. The van der Waals surface area contributed by atoms with Crippen LogP contribution in [-0.2, 0) is 33.9 Å². The molecule has 3 aliphatic rings. The van der Waals surface area contributed by atoms with E-state index >= 15 is 0 Å². The molecular formula is C22H17F2O9S-. The van der Waals surface area contributed by atoms with E-state index < -0.39 is 75.8 Å². The van der Waals surface area contributed by atoms with Gasteiger partial charge in [-0.15, -0.1) is 0 Å². The van der Waals surface area contributed by atoms with Gasteiger partial charge in [0.05, 0.1) is 17.4 Å². The second kappa shape index (κ2) is 7.70. The van der Waals surface area contributed by atoms with Crippen molar-refractivity contribution in [1.29, 1.82) is 0 Å². The Morgan fingerprint density at radius 2 is 1.82 bits per heavy atom. The van der Waals surface area contributed by atoms with Gasteiger partial charge in [0.25, 0.3) is 0 Å². The fourth-order valence-electron chi connectivity index (χ4n) is 5.30. The van der Waals surface area contributed by atoms with Crippen molar-refractivity contribution in [3.8, 4) is 0 Å². The fourth-order valence-corrected chi connectivity index (χ4v) is 5.50. The maximum atomic E-state index is 13.4. The lowest BCUT2D eigenvalue weighted by atomic mass is 9.78. The summed E-state index contributed by atoms with van der Waals surface area (Å²) in [6, 6.07) is 12.3. The molecule has 2 aromatic rings. The molecule has 0 spiro atoms. The van der Waals surface area contributed by atoms with Crippen LogP contribution in [0.4, 0.5) is 8.78 Å². The number of carbonyl (C=O) groups is 3. The highest BCUT2D eigenvalue weighted by Gasteiger charge is 2.70. The summed E-state index contributed by atoms with van der Waals surface area (Å²) in [7, 11) is -6.05. The molecule has 0 amide bonds. The Balaban J connectivity index is 1.35. The van der Waals surface area contributed by atoms with Crippen LogP contribution >= 0.6 is 0 Å². The van der Waals surface area contributed by atoms with E-state index in [1.165, 1.54) is 0 Å². The first-order valence-electron chi connectivity index (χ1n) is 10.4. The summed E-state index contributed by atoms with van der Waals surface area (Å²) >= 11 is 0. The monoisotopic (exact) mass is 495 g/mol. The van der Waals surface area contributed by atoms with Gasteiger partial charge in [0, 0.05) is 11.8 Å². The molecule has 0 radical (unpaired) electrons. The van der Waals surface area contributed by atoms with Crippen LogP contribution in [-0.4, -0.2) is 54.9 Å². The van der Waals surface area contributed by atoms with Crippen molar-refractivity contribution >= 4 is 38.8 Å². The first-order chi connectivity index (χ1) is 16.0. The van der Waals surface area contributed by atoms with Crippen molar-refractivity contribution in [2.24, 2.45) is 23.7 Å². The summed E-state index contributed by atoms with van der Waals surface area (Å²) in [4.78, 5) is 37.8. The van der Waals surface area contributed by atoms with Gasteiger partial charge in [0.1, 0.15) is 12.2 Å². The van der Waals surface area contributed by atoms with E-state index in [4.69, 9.17) is 9.47 Å². The van der Waals surface area contributed by atoms with E-state index in [1.807, 2.05) is 24.3 Å². The van der Waals surface area contributed by atoms with Crippen LogP contribution in [0.3, 0.4) is 0 Å². The maximum absolute atomic E-state index is 13.4. The normalized spacial score (nSPS) is 29.8. The van der Waals surface area contributed by atoms with E-state index in [2.05, 4.69) is 4.74 Å². The lowest BCUT2D eigenvalue weighted by Gasteiger charge is -2.30. The Morgan fingerprint density at radius 3 is 2.53 bits per heavy atom. The van der Waals surface area contributed by atoms with Crippen LogP contribution in [0.15, 0.2) is 42.5 Å². The number of halogens is 2. The van der Waals surface area contributed by atoms with Crippen molar-refractivity contribution in [3.05, 3.63) is 48.0 Å². The lowest BCUT2D eigenvalue weighted by molar-refractivity contribution is -0.161. The number of esters is 3. The summed E-state index contributed by atoms with van der Waals surface area (Å²) in [5.74, 6) is -6.20. The molecule has 1 aliphatic heterocycles. The molecular weight excluding hydrogens is 478 g/mol. The van der Waals surface area contributed by atoms with Gasteiger partial charge in [-0.1, -0.05) is 30.3 Å². The molecule has 2 aromatic carbocycles. The average molecular weight is 495 g/mol. The number of fused-ring (bicyclic) bond motifs is 2. The Morgan fingerprint density at radius 1 is 1.12 bits per heavy atom. The van der Waals surface area contributed by atoms with Crippen LogP contribution in [0.25, 0.3) is 10.8 Å². The van der Waals surface area contributed by atoms with Gasteiger partial charge >= 0.3 is 23.2 Å². The molecule has 0 aromatic heterocycles. The number of alkyl halides is 2. The quantitative estimate of drug-likeness (QED) is 0.334. The highest BCUT2D eigenvalue weighted by molar-refractivity contribution is 7.86. The minimum absolute atomic E-state index is 0.238. The average Bonchev–Trinajstić information content (AvgIpc) is 3.40. The van der Waals surface area contributed by atoms with Crippen LogP contribution in [0.2, 0.25) is 0 Å². The Labute approximate surface area is 191 Å². The molecule has 3 fully saturated rings. The molecule has 6 unspecified atom stereocenters. The van der Waals surface area contributed by atoms with Crippen LogP contribution < -0.4 is 0 Å². The van der Waals surface area contributed by atoms with Crippen molar-refractivity contribution in [2.75, 3.05) is 6.61 Å². The molecule has 180 valence electrons. The van der Waals surface area contributed by atoms with Crippen LogP contribution in [0, 0.1) is 23.7 Å². The molecule has 2 saturated carbocycles. The first kappa shape index (κ1) is 22.7. The predicted octanol–water partition coefficient (Wildman–Crippen LogP) is 1.85. The SMILES string of the molecule is O=C(OC1C2CC3C1OC(=O)C3C2C(=O)OCC(F)(F)S(=O)(=O)[O-])c1ccc2ccccc2c1. The van der Waals surface area contributed by atoms with Crippen molar-refractivity contribution in [3.63, 3.8) is 0 Å². The minimum atomic E-state index is -6.05. The Hall–Kier alpha value is -3.12. The third kappa shape index (κ3) is 3.52. The molecule has 2 bridgehead atoms. The second-order valence-corrected chi connectivity index (χ2v) is 10.2. The number of hydrogen-bond donors (Lipinski definition) is 0. The second-order valence-electron chi connectivity index (χ2n) is 8.65. The van der Waals surface area contributed by atoms with Gasteiger partial charge in [-0.2, -0.15) is 8.78 Å².